The fourth-order valence-corrected chi connectivity index (χ4v) is 1.60. The lowest BCUT2D eigenvalue weighted by atomic mass is 10.2. The van der Waals surface area contributed by atoms with E-state index in [1.807, 2.05) is 6.07 Å². The lowest BCUT2D eigenvalue weighted by Gasteiger charge is -2.03. The van der Waals surface area contributed by atoms with E-state index < -0.39 is 11.9 Å². The molecule has 1 aromatic carbocycles. The maximum absolute atomic E-state index is 13.6. The fraction of sp³-hybridized carbons (Fsp3) is 0.167. The van der Waals surface area contributed by atoms with Crippen molar-refractivity contribution < 1.29 is 9.18 Å². The highest BCUT2D eigenvalue weighted by Gasteiger charge is 2.20. The average Bonchev–Trinajstić information content (AvgIpc) is 2.54. The van der Waals surface area contributed by atoms with Crippen molar-refractivity contribution in [2.75, 3.05) is 5.32 Å². The van der Waals surface area contributed by atoms with Crippen molar-refractivity contribution in [3.8, 4) is 0 Å². The molecule has 1 amide bonds. The zero-order valence-corrected chi connectivity index (χ0v) is 9.57. The Kier molecular flexibility index (Phi) is 2.91. The Bertz CT molecular complexity index is 548. The van der Waals surface area contributed by atoms with Gasteiger partial charge >= 0.3 is 0 Å². The van der Waals surface area contributed by atoms with Crippen LogP contribution >= 0.6 is 0 Å². The van der Waals surface area contributed by atoms with Crippen LogP contribution in [-0.4, -0.2) is 15.7 Å². The summed E-state index contributed by atoms with van der Waals surface area (Å²) in [5, 5.41) is 6.48. The van der Waals surface area contributed by atoms with Gasteiger partial charge in [0.25, 0.3) is 5.91 Å². The number of rotatable bonds is 2. The number of nitrogens with zero attached hydrogens (tertiary/aromatic N) is 2. The van der Waals surface area contributed by atoms with Crippen LogP contribution in [0.25, 0.3) is 0 Å². The first-order chi connectivity index (χ1) is 8.09. The lowest BCUT2D eigenvalue weighted by Crippen LogP contribution is -2.14. The minimum Gasteiger partial charge on any atom is -0.322 e. The molecule has 0 saturated heterocycles. The molecule has 0 spiro atoms. The fourth-order valence-electron chi connectivity index (χ4n) is 1.60. The number of hydrogen-bond donors (Lipinski definition) is 1. The summed E-state index contributed by atoms with van der Waals surface area (Å²) in [5.74, 6) is -1.12. The molecule has 1 heterocycles. The maximum atomic E-state index is 13.6. The summed E-state index contributed by atoms with van der Waals surface area (Å²) in [4.78, 5) is 11.9. The van der Waals surface area contributed by atoms with Crippen molar-refractivity contribution in [3.05, 3.63) is 47.5 Å². The number of carbonyl (C=O) groups is 1. The Labute approximate surface area is 98.1 Å². The van der Waals surface area contributed by atoms with Gasteiger partial charge in [0.2, 0.25) is 5.95 Å². The summed E-state index contributed by atoms with van der Waals surface area (Å²) < 4.78 is 14.7. The first-order valence-electron chi connectivity index (χ1n) is 5.15. The van der Waals surface area contributed by atoms with Crippen LogP contribution in [0.4, 0.5) is 10.1 Å². The van der Waals surface area contributed by atoms with E-state index in [0.29, 0.717) is 11.4 Å². The van der Waals surface area contributed by atoms with E-state index in [0.717, 1.165) is 4.68 Å². The predicted octanol–water partition coefficient (Wildman–Crippen LogP) is 2.12. The van der Waals surface area contributed by atoms with Crippen molar-refractivity contribution in [1.82, 2.24) is 9.78 Å². The second kappa shape index (κ2) is 4.37. The molecule has 0 unspecified atom stereocenters. The number of nitrogens with one attached hydrogen (secondary N) is 1. The molecule has 0 aliphatic rings. The molecular formula is C12H12FN3O. The van der Waals surface area contributed by atoms with E-state index in [4.69, 9.17) is 0 Å². The number of benzene rings is 1. The number of anilines is 1. The van der Waals surface area contributed by atoms with E-state index in [-0.39, 0.29) is 5.56 Å². The van der Waals surface area contributed by atoms with Crippen LogP contribution in [0.2, 0.25) is 0 Å². The molecule has 88 valence electrons. The number of halogens is 1. The Hall–Kier alpha value is -2.17. The van der Waals surface area contributed by atoms with Gasteiger partial charge in [0.05, 0.1) is 5.69 Å². The van der Waals surface area contributed by atoms with E-state index in [9.17, 15) is 9.18 Å². The average molecular weight is 233 g/mol. The molecule has 1 aromatic heterocycles. The van der Waals surface area contributed by atoms with Crippen molar-refractivity contribution in [1.29, 1.82) is 0 Å². The highest BCUT2D eigenvalue weighted by atomic mass is 19.1. The Morgan fingerprint density at radius 1 is 1.35 bits per heavy atom. The molecule has 1 N–H and O–H groups in total. The van der Waals surface area contributed by atoms with E-state index in [1.165, 1.54) is 7.05 Å². The van der Waals surface area contributed by atoms with Crippen LogP contribution in [0.3, 0.4) is 0 Å². The van der Waals surface area contributed by atoms with Gasteiger partial charge in [0.1, 0.15) is 5.56 Å². The lowest BCUT2D eigenvalue weighted by molar-refractivity contribution is 0.102. The quantitative estimate of drug-likeness (QED) is 0.863. The molecule has 2 aromatic rings. The zero-order valence-electron chi connectivity index (χ0n) is 9.57. The van der Waals surface area contributed by atoms with Gasteiger partial charge in [0.15, 0.2) is 0 Å². The third-order valence-corrected chi connectivity index (χ3v) is 2.41. The normalized spacial score (nSPS) is 10.3. The summed E-state index contributed by atoms with van der Waals surface area (Å²) in [5.41, 5.74) is 0.981. The molecular weight excluding hydrogens is 221 g/mol. The van der Waals surface area contributed by atoms with Gasteiger partial charge in [-0.3, -0.25) is 4.79 Å². The summed E-state index contributed by atoms with van der Waals surface area (Å²) in [6, 6.07) is 8.90. The van der Waals surface area contributed by atoms with Crippen molar-refractivity contribution >= 4 is 11.6 Å². The van der Waals surface area contributed by atoms with Gasteiger partial charge in [-0.25, -0.2) is 4.68 Å². The Morgan fingerprint density at radius 2 is 2.00 bits per heavy atom. The van der Waals surface area contributed by atoms with Gasteiger partial charge < -0.3 is 5.32 Å². The first-order valence-corrected chi connectivity index (χ1v) is 5.15. The summed E-state index contributed by atoms with van der Waals surface area (Å²) in [6.45, 7) is 1.60. The molecule has 0 saturated carbocycles. The number of carbonyl (C=O) groups excluding carboxylic acids is 1. The smallest absolute Gasteiger partial charge is 0.262 e. The molecule has 2 rings (SSSR count). The molecule has 0 radical (unpaired) electrons. The standard InChI is InChI=1S/C12H12FN3O/c1-8-10(11(13)16(2)15-8)12(17)14-9-6-4-3-5-7-9/h3-7H,1-2H3,(H,14,17). The van der Waals surface area contributed by atoms with E-state index in [1.54, 1.807) is 31.2 Å². The van der Waals surface area contributed by atoms with Gasteiger partial charge in [-0.15, -0.1) is 0 Å². The van der Waals surface area contributed by atoms with Crippen LogP contribution < -0.4 is 5.32 Å². The third-order valence-electron chi connectivity index (χ3n) is 2.41. The molecule has 0 bridgehead atoms. The Morgan fingerprint density at radius 3 is 2.53 bits per heavy atom. The highest BCUT2D eigenvalue weighted by Crippen LogP contribution is 2.14. The monoisotopic (exact) mass is 233 g/mol. The van der Waals surface area contributed by atoms with Crippen molar-refractivity contribution in [2.24, 2.45) is 7.05 Å². The van der Waals surface area contributed by atoms with Crippen molar-refractivity contribution in [2.45, 2.75) is 6.92 Å². The minimum atomic E-state index is -0.629. The number of amides is 1. The predicted molar refractivity (Wildman–Crippen MR) is 62.3 cm³/mol. The second-order valence-electron chi connectivity index (χ2n) is 3.69. The van der Waals surface area contributed by atoms with Crippen LogP contribution in [-0.2, 0) is 7.05 Å². The first kappa shape index (κ1) is 11.3. The number of aromatic nitrogens is 2. The number of para-hydroxylation sites is 1. The summed E-state index contributed by atoms with van der Waals surface area (Å²) in [7, 11) is 1.46. The molecule has 5 heteroatoms. The summed E-state index contributed by atoms with van der Waals surface area (Å²) in [6.07, 6.45) is 0. The topological polar surface area (TPSA) is 46.9 Å². The molecule has 0 aliphatic carbocycles. The van der Waals surface area contributed by atoms with E-state index >= 15 is 0 Å². The largest absolute Gasteiger partial charge is 0.322 e. The van der Waals surface area contributed by atoms with Gasteiger partial charge in [0, 0.05) is 12.7 Å². The van der Waals surface area contributed by atoms with Crippen LogP contribution in [0.15, 0.2) is 30.3 Å². The minimum absolute atomic E-state index is 0.0173. The zero-order chi connectivity index (χ0) is 12.4. The maximum Gasteiger partial charge on any atom is 0.262 e. The highest BCUT2D eigenvalue weighted by molar-refractivity contribution is 6.05. The molecule has 0 aliphatic heterocycles. The van der Waals surface area contributed by atoms with Gasteiger partial charge in [-0.2, -0.15) is 9.49 Å². The molecule has 4 nitrogen and oxygen atoms in total. The molecule has 17 heavy (non-hydrogen) atoms. The molecule has 0 fully saturated rings. The molecule has 0 atom stereocenters. The van der Waals surface area contributed by atoms with Crippen LogP contribution in [0.1, 0.15) is 16.1 Å². The summed E-state index contributed by atoms with van der Waals surface area (Å²) >= 11 is 0. The second-order valence-corrected chi connectivity index (χ2v) is 3.69. The van der Waals surface area contributed by atoms with Crippen molar-refractivity contribution in [3.63, 3.8) is 0 Å². The SMILES string of the molecule is Cc1nn(C)c(F)c1C(=O)Nc1ccccc1. The van der Waals surface area contributed by atoms with Crippen LogP contribution in [0, 0.1) is 12.9 Å². The Balaban J connectivity index is 2.27. The number of hydrogen-bond acceptors (Lipinski definition) is 2. The number of aryl methyl sites for hydroxylation is 2. The van der Waals surface area contributed by atoms with Crippen LogP contribution in [0.5, 0.6) is 0 Å². The third kappa shape index (κ3) is 2.18. The van der Waals surface area contributed by atoms with Gasteiger partial charge in [-0.1, -0.05) is 18.2 Å². The van der Waals surface area contributed by atoms with E-state index in [2.05, 4.69) is 10.4 Å². The van der Waals surface area contributed by atoms with Gasteiger partial charge in [-0.05, 0) is 19.1 Å².